The van der Waals surface area contributed by atoms with E-state index >= 15 is 0 Å². The number of benzene rings is 2. The molecule has 162 valence electrons. The predicted molar refractivity (Wildman–Crippen MR) is 111 cm³/mol. The van der Waals surface area contributed by atoms with Crippen LogP contribution in [-0.2, 0) is 11.3 Å². The van der Waals surface area contributed by atoms with Crippen LogP contribution in [0.4, 0.5) is 8.78 Å². The molecule has 0 aliphatic rings. The topological polar surface area (TPSA) is 75.4 Å². The third kappa shape index (κ3) is 5.08. The number of aryl methyl sites for hydroxylation is 1. The standard InChI is InChI=1S/C22H20ClF2N3O3/c1-3-28(12-18(29)26-11-14-7-9-15(24)10-8-14)22(30)19-13(2)31-27-21(19)20-16(23)5-4-6-17(20)25/h4-10H,3,11-12H2,1-2H3,(H,26,29). The smallest absolute Gasteiger partial charge is 0.260 e. The average Bonchev–Trinajstić information content (AvgIpc) is 3.12. The lowest BCUT2D eigenvalue weighted by Gasteiger charge is -2.20. The monoisotopic (exact) mass is 447 g/mol. The molecule has 3 rings (SSSR count). The molecule has 2 aromatic carbocycles. The van der Waals surface area contributed by atoms with Crippen LogP contribution in [0.2, 0.25) is 5.02 Å². The maximum Gasteiger partial charge on any atom is 0.260 e. The summed E-state index contributed by atoms with van der Waals surface area (Å²) >= 11 is 6.12. The first-order valence-corrected chi connectivity index (χ1v) is 9.90. The Bertz CT molecular complexity index is 1080. The number of rotatable bonds is 7. The third-order valence-corrected chi connectivity index (χ3v) is 5.00. The van der Waals surface area contributed by atoms with Crippen LogP contribution in [-0.4, -0.2) is 35.0 Å². The Kier molecular flexibility index (Phi) is 7.02. The van der Waals surface area contributed by atoms with Crippen molar-refractivity contribution in [3.63, 3.8) is 0 Å². The van der Waals surface area contributed by atoms with Gasteiger partial charge < -0.3 is 14.7 Å². The lowest BCUT2D eigenvalue weighted by molar-refractivity contribution is -0.121. The van der Waals surface area contributed by atoms with Crippen molar-refractivity contribution in [2.75, 3.05) is 13.1 Å². The highest BCUT2D eigenvalue weighted by Crippen LogP contribution is 2.34. The van der Waals surface area contributed by atoms with E-state index in [1.165, 1.54) is 42.2 Å². The maximum absolute atomic E-state index is 14.4. The van der Waals surface area contributed by atoms with Crippen molar-refractivity contribution in [3.05, 3.63) is 76.0 Å². The fourth-order valence-corrected chi connectivity index (χ4v) is 3.29. The molecule has 0 aliphatic heterocycles. The molecule has 9 heteroatoms. The van der Waals surface area contributed by atoms with Crippen molar-refractivity contribution in [3.8, 4) is 11.3 Å². The fourth-order valence-electron chi connectivity index (χ4n) is 3.04. The molecule has 0 radical (unpaired) electrons. The summed E-state index contributed by atoms with van der Waals surface area (Å²) in [5.41, 5.74) is 0.702. The molecule has 31 heavy (non-hydrogen) atoms. The number of halogens is 3. The predicted octanol–water partition coefficient (Wildman–Crippen LogP) is 4.36. The van der Waals surface area contributed by atoms with Gasteiger partial charge in [0.05, 0.1) is 17.1 Å². The summed E-state index contributed by atoms with van der Waals surface area (Å²) < 4.78 is 32.5. The molecule has 0 atom stereocenters. The Balaban J connectivity index is 1.77. The highest BCUT2D eigenvalue weighted by Gasteiger charge is 2.29. The van der Waals surface area contributed by atoms with Crippen LogP contribution in [0, 0.1) is 18.6 Å². The van der Waals surface area contributed by atoms with Crippen LogP contribution < -0.4 is 5.32 Å². The number of hydrogen-bond acceptors (Lipinski definition) is 4. The minimum absolute atomic E-state index is 0.0178. The van der Waals surface area contributed by atoms with Crippen LogP contribution >= 0.6 is 11.6 Å². The summed E-state index contributed by atoms with van der Waals surface area (Å²) in [5.74, 6) is -1.77. The molecule has 2 amide bonds. The van der Waals surface area contributed by atoms with Gasteiger partial charge in [-0.2, -0.15) is 0 Å². The summed E-state index contributed by atoms with van der Waals surface area (Å²) in [7, 11) is 0. The van der Waals surface area contributed by atoms with Crippen molar-refractivity contribution < 1.29 is 22.9 Å². The molecule has 0 aliphatic carbocycles. The zero-order valence-corrected chi connectivity index (χ0v) is 17.7. The Morgan fingerprint density at radius 1 is 1.16 bits per heavy atom. The molecule has 0 saturated carbocycles. The third-order valence-electron chi connectivity index (χ3n) is 4.68. The Morgan fingerprint density at radius 3 is 2.52 bits per heavy atom. The first-order chi connectivity index (χ1) is 14.8. The second-order valence-electron chi connectivity index (χ2n) is 6.78. The molecule has 0 spiro atoms. The molecule has 1 aromatic heterocycles. The molecule has 0 fully saturated rings. The number of aromatic nitrogens is 1. The SMILES string of the molecule is CCN(CC(=O)NCc1ccc(F)cc1)C(=O)c1c(-c2c(F)cccc2Cl)noc1C. The van der Waals surface area contributed by atoms with Crippen LogP contribution in [0.25, 0.3) is 11.3 Å². The molecule has 0 saturated heterocycles. The van der Waals surface area contributed by atoms with E-state index in [0.717, 1.165) is 5.56 Å². The molecule has 1 heterocycles. The van der Waals surface area contributed by atoms with E-state index in [0.29, 0.717) is 0 Å². The first kappa shape index (κ1) is 22.4. The fraction of sp³-hybridized carbons (Fsp3) is 0.227. The summed E-state index contributed by atoms with van der Waals surface area (Å²) in [4.78, 5) is 26.8. The lowest BCUT2D eigenvalue weighted by Crippen LogP contribution is -2.40. The minimum atomic E-state index is -0.644. The normalized spacial score (nSPS) is 10.7. The van der Waals surface area contributed by atoms with Gasteiger partial charge >= 0.3 is 0 Å². The van der Waals surface area contributed by atoms with Gasteiger partial charge in [-0.05, 0) is 43.7 Å². The molecular weight excluding hydrogens is 428 g/mol. The Morgan fingerprint density at radius 2 is 1.87 bits per heavy atom. The number of likely N-dealkylation sites (N-methyl/N-ethyl adjacent to an activating group) is 1. The second kappa shape index (κ2) is 9.70. The zero-order chi connectivity index (χ0) is 22.5. The molecule has 0 bridgehead atoms. The highest BCUT2D eigenvalue weighted by molar-refractivity contribution is 6.33. The number of carbonyl (C=O) groups excluding carboxylic acids is 2. The number of carbonyl (C=O) groups is 2. The summed E-state index contributed by atoms with van der Waals surface area (Å²) in [6.45, 7) is 3.42. The van der Waals surface area contributed by atoms with Crippen LogP contribution in [0.1, 0.15) is 28.6 Å². The van der Waals surface area contributed by atoms with Gasteiger partial charge in [0.25, 0.3) is 5.91 Å². The largest absolute Gasteiger partial charge is 0.360 e. The van der Waals surface area contributed by atoms with E-state index in [9.17, 15) is 18.4 Å². The Labute approximate surface area is 182 Å². The molecular formula is C22H20ClF2N3O3. The van der Waals surface area contributed by atoms with E-state index in [1.54, 1.807) is 19.1 Å². The van der Waals surface area contributed by atoms with Crippen molar-refractivity contribution >= 4 is 23.4 Å². The molecule has 1 N–H and O–H groups in total. The molecule has 6 nitrogen and oxygen atoms in total. The van der Waals surface area contributed by atoms with Gasteiger partial charge in [-0.15, -0.1) is 0 Å². The Hall–Kier alpha value is -3.26. The van der Waals surface area contributed by atoms with Gasteiger partial charge in [-0.25, -0.2) is 8.78 Å². The number of amides is 2. The molecule has 3 aromatic rings. The van der Waals surface area contributed by atoms with Crippen molar-refractivity contribution in [2.45, 2.75) is 20.4 Å². The van der Waals surface area contributed by atoms with E-state index in [4.69, 9.17) is 16.1 Å². The first-order valence-electron chi connectivity index (χ1n) is 9.52. The van der Waals surface area contributed by atoms with Gasteiger partial charge in [0.2, 0.25) is 5.91 Å². The zero-order valence-electron chi connectivity index (χ0n) is 16.9. The van der Waals surface area contributed by atoms with E-state index in [1.807, 2.05) is 0 Å². The van der Waals surface area contributed by atoms with Crippen molar-refractivity contribution in [1.82, 2.24) is 15.4 Å². The van der Waals surface area contributed by atoms with E-state index in [2.05, 4.69) is 10.5 Å². The van der Waals surface area contributed by atoms with E-state index < -0.39 is 17.6 Å². The summed E-state index contributed by atoms with van der Waals surface area (Å²) in [6, 6.07) is 9.85. The van der Waals surface area contributed by atoms with Crippen LogP contribution in [0.15, 0.2) is 47.0 Å². The van der Waals surface area contributed by atoms with Crippen molar-refractivity contribution in [1.29, 1.82) is 0 Å². The van der Waals surface area contributed by atoms with Gasteiger partial charge in [-0.3, -0.25) is 9.59 Å². The van der Waals surface area contributed by atoms with Crippen LogP contribution in [0.5, 0.6) is 0 Å². The van der Waals surface area contributed by atoms with Gasteiger partial charge in [0.1, 0.15) is 28.7 Å². The molecule has 0 unspecified atom stereocenters. The van der Waals surface area contributed by atoms with Gasteiger partial charge in [-0.1, -0.05) is 35.0 Å². The number of nitrogens with one attached hydrogen (secondary N) is 1. The number of nitrogens with zero attached hydrogens (tertiary/aromatic N) is 2. The summed E-state index contributed by atoms with van der Waals surface area (Å²) in [5, 5.41) is 6.60. The van der Waals surface area contributed by atoms with Gasteiger partial charge in [0.15, 0.2) is 0 Å². The maximum atomic E-state index is 14.4. The van der Waals surface area contributed by atoms with Crippen molar-refractivity contribution in [2.24, 2.45) is 0 Å². The van der Waals surface area contributed by atoms with Gasteiger partial charge in [0, 0.05) is 13.1 Å². The highest BCUT2D eigenvalue weighted by atomic mass is 35.5. The average molecular weight is 448 g/mol. The lowest BCUT2D eigenvalue weighted by atomic mass is 10.0. The number of hydrogen-bond donors (Lipinski definition) is 1. The summed E-state index contributed by atoms with van der Waals surface area (Å²) in [6.07, 6.45) is 0. The quantitative estimate of drug-likeness (QED) is 0.584. The second-order valence-corrected chi connectivity index (χ2v) is 7.19. The van der Waals surface area contributed by atoms with Crippen LogP contribution in [0.3, 0.4) is 0 Å². The van der Waals surface area contributed by atoms with E-state index in [-0.39, 0.29) is 53.1 Å². The minimum Gasteiger partial charge on any atom is -0.360 e.